The van der Waals surface area contributed by atoms with Gasteiger partial charge in [0.25, 0.3) is 0 Å². The zero-order valence-electron chi connectivity index (χ0n) is 9.24. The van der Waals surface area contributed by atoms with Crippen molar-refractivity contribution >= 4 is 38.2 Å². The minimum absolute atomic E-state index is 0.00346. The van der Waals surface area contributed by atoms with Gasteiger partial charge in [0.2, 0.25) is 0 Å². The molecule has 0 unspecified atom stereocenters. The number of hydrogen-bond donors (Lipinski definition) is 0. The number of carbonyl (C=O) groups excluding carboxylic acids is 1. The van der Waals surface area contributed by atoms with E-state index in [4.69, 9.17) is 0 Å². The van der Waals surface area contributed by atoms with Crippen LogP contribution in [0.25, 0.3) is 0 Å². The summed E-state index contributed by atoms with van der Waals surface area (Å²) in [6.07, 6.45) is 1.60. The average molecular weight is 370 g/mol. The van der Waals surface area contributed by atoms with E-state index in [-0.39, 0.29) is 23.8 Å². The van der Waals surface area contributed by atoms with Crippen molar-refractivity contribution in [2.75, 3.05) is 12.0 Å². The van der Waals surface area contributed by atoms with Crippen LogP contribution in [0, 0.1) is 9.39 Å². The van der Waals surface area contributed by atoms with E-state index in [0.717, 1.165) is 6.26 Å². The summed E-state index contributed by atoms with van der Waals surface area (Å²) in [6, 6.07) is 3.94. The number of hydrogen-bond acceptors (Lipinski definition) is 3. The first-order valence-electron chi connectivity index (χ1n) is 4.95. The molecule has 0 aliphatic carbocycles. The van der Waals surface area contributed by atoms with Crippen molar-refractivity contribution in [2.24, 2.45) is 0 Å². The molecule has 0 spiro atoms. The highest BCUT2D eigenvalue weighted by Crippen LogP contribution is 2.16. The first kappa shape index (κ1) is 14.6. The van der Waals surface area contributed by atoms with Gasteiger partial charge in [-0.15, -0.1) is 0 Å². The summed E-state index contributed by atoms with van der Waals surface area (Å²) < 4.78 is 35.2. The Kier molecular flexibility index (Phi) is 5.05. The van der Waals surface area contributed by atoms with E-state index >= 15 is 0 Å². The first-order chi connectivity index (χ1) is 7.79. The molecule has 1 aromatic rings. The minimum atomic E-state index is -3.03. The number of benzene rings is 1. The normalized spacial score (nSPS) is 11.5. The number of sulfone groups is 1. The maximum Gasteiger partial charge on any atom is 0.163 e. The maximum absolute atomic E-state index is 12.8. The van der Waals surface area contributed by atoms with Crippen LogP contribution in [-0.2, 0) is 9.84 Å². The predicted molar refractivity (Wildman–Crippen MR) is 72.4 cm³/mol. The van der Waals surface area contributed by atoms with Crippen molar-refractivity contribution < 1.29 is 17.6 Å². The van der Waals surface area contributed by atoms with Crippen molar-refractivity contribution in [1.29, 1.82) is 0 Å². The summed E-state index contributed by atoms with van der Waals surface area (Å²) in [5.74, 6) is -0.545. The lowest BCUT2D eigenvalue weighted by atomic mass is 10.1. The standard InChI is InChI=1S/C11H12FIO3S/c1-17(15,16)6-2-3-11(14)9-5-4-8(12)7-10(9)13/h4-5,7H,2-3,6H2,1H3. The highest BCUT2D eigenvalue weighted by Gasteiger charge is 2.11. The largest absolute Gasteiger partial charge is 0.294 e. The summed E-state index contributed by atoms with van der Waals surface area (Å²) in [7, 11) is -3.03. The second kappa shape index (κ2) is 5.90. The SMILES string of the molecule is CS(=O)(=O)CCCC(=O)c1ccc(F)cc1I. The third-order valence-corrected chi connectivity index (χ3v) is 4.07. The summed E-state index contributed by atoms with van der Waals surface area (Å²) >= 11 is 1.89. The summed E-state index contributed by atoms with van der Waals surface area (Å²) in [4.78, 5) is 11.7. The molecular weight excluding hydrogens is 358 g/mol. The Morgan fingerprint density at radius 1 is 1.41 bits per heavy atom. The van der Waals surface area contributed by atoms with E-state index < -0.39 is 9.84 Å². The van der Waals surface area contributed by atoms with Crippen molar-refractivity contribution in [3.05, 3.63) is 33.1 Å². The van der Waals surface area contributed by atoms with E-state index in [9.17, 15) is 17.6 Å². The highest BCUT2D eigenvalue weighted by atomic mass is 127. The van der Waals surface area contributed by atoms with E-state index in [0.29, 0.717) is 15.6 Å². The molecule has 0 atom stereocenters. The Morgan fingerprint density at radius 3 is 2.59 bits per heavy atom. The monoisotopic (exact) mass is 370 g/mol. The van der Waals surface area contributed by atoms with Gasteiger partial charge in [0, 0.05) is 21.8 Å². The van der Waals surface area contributed by atoms with Crippen LogP contribution < -0.4 is 0 Å². The molecule has 0 saturated heterocycles. The van der Waals surface area contributed by atoms with Crippen LogP contribution in [0.15, 0.2) is 18.2 Å². The lowest BCUT2D eigenvalue weighted by Crippen LogP contribution is -2.07. The molecule has 0 N–H and O–H groups in total. The lowest BCUT2D eigenvalue weighted by Gasteiger charge is -2.03. The van der Waals surface area contributed by atoms with Crippen molar-refractivity contribution in [2.45, 2.75) is 12.8 Å². The van der Waals surface area contributed by atoms with Crippen molar-refractivity contribution in [3.63, 3.8) is 0 Å². The molecule has 0 aliphatic heterocycles. The van der Waals surface area contributed by atoms with Crippen LogP contribution in [0.5, 0.6) is 0 Å². The fraction of sp³-hybridized carbons (Fsp3) is 0.364. The third-order valence-electron chi connectivity index (χ3n) is 2.15. The van der Waals surface area contributed by atoms with Crippen LogP contribution in [0.1, 0.15) is 23.2 Å². The Balaban J connectivity index is 2.65. The molecule has 0 amide bonds. The molecule has 1 aromatic carbocycles. The maximum atomic E-state index is 12.8. The second-order valence-corrected chi connectivity index (χ2v) is 7.20. The Hall–Kier alpha value is -0.500. The lowest BCUT2D eigenvalue weighted by molar-refractivity contribution is 0.0981. The van der Waals surface area contributed by atoms with Gasteiger partial charge in [0.05, 0.1) is 5.75 Å². The summed E-state index contributed by atoms with van der Waals surface area (Å²) in [5.41, 5.74) is 0.445. The van der Waals surface area contributed by atoms with Gasteiger partial charge in [-0.3, -0.25) is 4.79 Å². The molecule has 0 aromatic heterocycles. The topological polar surface area (TPSA) is 51.2 Å². The molecule has 1 rings (SSSR count). The molecule has 94 valence electrons. The average Bonchev–Trinajstić information content (AvgIpc) is 2.15. The van der Waals surface area contributed by atoms with Gasteiger partial charge >= 0.3 is 0 Å². The van der Waals surface area contributed by atoms with E-state index in [2.05, 4.69) is 0 Å². The number of rotatable bonds is 5. The van der Waals surface area contributed by atoms with Gasteiger partial charge in [-0.25, -0.2) is 12.8 Å². The van der Waals surface area contributed by atoms with Crippen LogP contribution in [0.2, 0.25) is 0 Å². The fourth-order valence-corrected chi connectivity index (χ4v) is 2.79. The van der Waals surface area contributed by atoms with Gasteiger partial charge in [0.15, 0.2) is 5.78 Å². The molecule has 3 nitrogen and oxygen atoms in total. The van der Waals surface area contributed by atoms with Crippen molar-refractivity contribution in [1.82, 2.24) is 0 Å². The van der Waals surface area contributed by atoms with Crippen LogP contribution >= 0.6 is 22.6 Å². The molecule has 0 heterocycles. The van der Waals surface area contributed by atoms with Gasteiger partial charge in [-0.05, 0) is 47.2 Å². The quantitative estimate of drug-likeness (QED) is 0.591. The molecule has 6 heteroatoms. The third kappa shape index (κ3) is 5.12. The summed E-state index contributed by atoms with van der Waals surface area (Å²) in [5, 5.41) is 0. The van der Waals surface area contributed by atoms with E-state index in [1.165, 1.54) is 18.2 Å². The molecule has 0 saturated carbocycles. The Morgan fingerprint density at radius 2 is 2.06 bits per heavy atom. The van der Waals surface area contributed by atoms with Crippen molar-refractivity contribution in [3.8, 4) is 0 Å². The molecule has 0 fully saturated rings. The van der Waals surface area contributed by atoms with Crippen LogP contribution in [0.3, 0.4) is 0 Å². The molecule has 17 heavy (non-hydrogen) atoms. The van der Waals surface area contributed by atoms with Gasteiger partial charge < -0.3 is 0 Å². The minimum Gasteiger partial charge on any atom is -0.294 e. The van der Waals surface area contributed by atoms with Gasteiger partial charge in [0.1, 0.15) is 15.7 Å². The zero-order valence-corrected chi connectivity index (χ0v) is 12.2. The zero-order chi connectivity index (χ0) is 13.1. The number of ketones is 1. The second-order valence-electron chi connectivity index (χ2n) is 3.78. The van der Waals surface area contributed by atoms with Gasteiger partial charge in [-0.2, -0.15) is 0 Å². The fourth-order valence-electron chi connectivity index (χ4n) is 1.35. The predicted octanol–water partition coefficient (Wildman–Crippen LogP) is 2.44. The van der Waals surface area contributed by atoms with E-state index in [1.807, 2.05) is 22.6 Å². The number of Topliss-reactive ketones (excluding diaryl/α,β-unsaturated/α-hetero) is 1. The number of carbonyl (C=O) groups is 1. The van der Waals surface area contributed by atoms with Gasteiger partial charge in [-0.1, -0.05) is 0 Å². The smallest absolute Gasteiger partial charge is 0.163 e. The molecule has 0 radical (unpaired) electrons. The Labute approximate surface area is 113 Å². The summed E-state index contributed by atoms with van der Waals surface area (Å²) in [6.45, 7) is 0. The molecule has 0 bridgehead atoms. The van der Waals surface area contributed by atoms with E-state index in [1.54, 1.807) is 0 Å². The molecule has 0 aliphatic rings. The Bertz CT molecular complexity index is 526. The molecular formula is C11H12FIO3S. The number of halogens is 2. The van der Waals surface area contributed by atoms with Crippen LogP contribution in [0.4, 0.5) is 4.39 Å². The highest BCUT2D eigenvalue weighted by molar-refractivity contribution is 14.1. The van der Waals surface area contributed by atoms with Crippen LogP contribution in [-0.4, -0.2) is 26.2 Å². The first-order valence-corrected chi connectivity index (χ1v) is 8.09.